The Bertz CT molecular complexity index is 1040. The quantitative estimate of drug-likeness (QED) is 0.408. The molecule has 1 amide bonds. The van der Waals surface area contributed by atoms with Crippen LogP contribution in [-0.4, -0.2) is 58.9 Å². The van der Waals surface area contributed by atoms with Gasteiger partial charge in [0.25, 0.3) is 11.7 Å². The lowest BCUT2D eigenvalue weighted by Crippen LogP contribution is -2.38. The number of ether oxygens (including phenoxy) is 1. The van der Waals surface area contributed by atoms with Crippen LogP contribution >= 0.6 is 0 Å². The number of fused-ring (bicyclic) bond motifs is 1. The summed E-state index contributed by atoms with van der Waals surface area (Å²) >= 11 is 0. The van der Waals surface area contributed by atoms with Crippen LogP contribution in [0.4, 0.5) is 0 Å². The van der Waals surface area contributed by atoms with Crippen molar-refractivity contribution in [2.75, 3.05) is 26.2 Å². The second-order valence-electron chi connectivity index (χ2n) is 8.39. The molecule has 32 heavy (non-hydrogen) atoms. The summed E-state index contributed by atoms with van der Waals surface area (Å²) in [5.41, 5.74) is 2.48. The van der Waals surface area contributed by atoms with Crippen molar-refractivity contribution in [1.82, 2.24) is 9.80 Å². The number of Topliss-reactive ketones (excluding diaryl/α,β-unsaturated/α-hetero) is 1. The maximum Gasteiger partial charge on any atom is 0.295 e. The van der Waals surface area contributed by atoms with Crippen molar-refractivity contribution >= 4 is 17.4 Å². The van der Waals surface area contributed by atoms with Crippen molar-refractivity contribution < 1.29 is 19.4 Å². The summed E-state index contributed by atoms with van der Waals surface area (Å²) in [5, 5.41) is 11.3. The number of amides is 1. The van der Waals surface area contributed by atoms with Gasteiger partial charge in [0.15, 0.2) is 0 Å². The summed E-state index contributed by atoms with van der Waals surface area (Å²) in [5.74, 6) is -0.537. The first-order valence-electron chi connectivity index (χ1n) is 11.3. The molecule has 0 radical (unpaired) electrons. The standard InChI is InChI=1S/C26H30N2O4/c1-4-27(5-2)13-14-28-23(18-9-7-6-8-10-18)22(25(30)26(28)31)24(29)19-11-12-21-20(16-19)15-17(3)32-21/h6-12,16-17,23,29H,4-5,13-15H2,1-3H3. The van der Waals surface area contributed by atoms with Crippen LogP contribution in [0.2, 0.25) is 0 Å². The summed E-state index contributed by atoms with van der Waals surface area (Å²) < 4.78 is 5.76. The van der Waals surface area contributed by atoms with Gasteiger partial charge in [0.1, 0.15) is 17.6 Å². The highest BCUT2D eigenvalue weighted by atomic mass is 16.5. The molecule has 4 rings (SSSR count). The molecule has 6 heteroatoms. The van der Waals surface area contributed by atoms with E-state index < -0.39 is 17.7 Å². The number of likely N-dealkylation sites (tertiary alicyclic amines) is 1. The van der Waals surface area contributed by atoms with Crippen molar-refractivity contribution in [3.8, 4) is 5.75 Å². The fraction of sp³-hybridized carbons (Fsp3) is 0.385. The highest BCUT2D eigenvalue weighted by molar-refractivity contribution is 6.46. The molecule has 0 bridgehead atoms. The van der Waals surface area contributed by atoms with Crippen LogP contribution in [0.25, 0.3) is 5.76 Å². The van der Waals surface area contributed by atoms with E-state index in [-0.39, 0.29) is 17.4 Å². The number of carbonyl (C=O) groups is 2. The van der Waals surface area contributed by atoms with E-state index in [1.165, 1.54) is 0 Å². The van der Waals surface area contributed by atoms with Gasteiger partial charge in [-0.1, -0.05) is 44.2 Å². The van der Waals surface area contributed by atoms with Gasteiger partial charge in [-0.3, -0.25) is 9.59 Å². The first-order chi connectivity index (χ1) is 15.4. The third-order valence-electron chi connectivity index (χ3n) is 6.38. The normalized spacial score (nSPS) is 21.8. The van der Waals surface area contributed by atoms with Gasteiger partial charge < -0.3 is 19.6 Å². The van der Waals surface area contributed by atoms with Gasteiger partial charge >= 0.3 is 0 Å². The Morgan fingerprint density at radius 2 is 1.84 bits per heavy atom. The predicted octanol–water partition coefficient (Wildman–Crippen LogP) is 3.77. The largest absolute Gasteiger partial charge is 0.507 e. The Morgan fingerprint density at radius 1 is 1.12 bits per heavy atom. The molecule has 0 spiro atoms. The molecule has 1 N–H and O–H groups in total. The Labute approximate surface area is 189 Å². The molecule has 168 valence electrons. The van der Waals surface area contributed by atoms with Crippen LogP contribution in [0.5, 0.6) is 5.75 Å². The number of rotatable bonds is 7. The lowest BCUT2D eigenvalue weighted by atomic mass is 9.94. The number of hydrogen-bond donors (Lipinski definition) is 1. The van der Waals surface area contributed by atoms with Gasteiger partial charge in [-0.2, -0.15) is 0 Å². The number of carbonyl (C=O) groups excluding carboxylic acids is 2. The maximum atomic E-state index is 13.1. The van der Waals surface area contributed by atoms with Crippen LogP contribution < -0.4 is 4.74 Å². The van der Waals surface area contributed by atoms with Crippen molar-refractivity contribution in [2.45, 2.75) is 39.3 Å². The number of benzene rings is 2. The third-order valence-corrected chi connectivity index (χ3v) is 6.38. The molecule has 6 nitrogen and oxygen atoms in total. The fourth-order valence-electron chi connectivity index (χ4n) is 4.61. The molecule has 0 aromatic heterocycles. The van der Waals surface area contributed by atoms with E-state index >= 15 is 0 Å². The first-order valence-corrected chi connectivity index (χ1v) is 11.3. The lowest BCUT2D eigenvalue weighted by molar-refractivity contribution is -0.140. The Balaban J connectivity index is 1.76. The molecule has 2 unspecified atom stereocenters. The summed E-state index contributed by atoms with van der Waals surface area (Å²) in [6.45, 7) is 8.96. The van der Waals surface area contributed by atoms with E-state index in [0.717, 1.165) is 36.4 Å². The highest BCUT2D eigenvalue weighted by Crippen LogP contribution is 2.40. The van der Waals surface area contributed by atoms with Gasteiger partial charge in [-0.15, -0.1) is 0 Å². The fourth-order valence-corrected chi connectivity index (χ4v) is 4.61. The average molecular weight is 435 g/mol. The zero-order valence-electron chi connectivity index (χ0n) is 18.9. The van der Waals surface area contributed by atoms with Gasteiger partial charge in [-0.05, 0) is 49.3 Å². The molecule has 2 aliphatic heterocycles. The molecule has 2 heterocycles. The van der Waals surface area contributed by atoms with Gasteiger partial charge in [0.05, 0.1) is 11.6 Å². The molecule has 1 saturated heterocycles. The Hall–Kier alpha value is -3.12. The van der Waals surface area contributed by atoms with Crippen molar-refractivity contribution in [3.05, 3.63) is 70.8 Å². The van der Waals surface area contributed by atoms with Crippen LogP contribution in [0.1, 0.15) is 43.5 Å². The highest BCUT2D eigenvalue weighted by Gasteiger charge is 2.46. The Kier molecular flexibility index (Phi) is 6.33. The molecule has 0 aliphatic carbocycles. The van der Waals surface area contributed by atoms with Crippen molar-refractivity contribution in [2.24, 2.45) is 0 Å². The van der Waals surface area contributed by atoms with E-state index in [1.807, 2.05) is 49.4 Å². The van der Waals surface area contributed by atoms with Crippen LogP contribution in [-0.2, 0) is 16.0 Å². The van der Waals surface area contributed by atoms with E-state index in [2.05, 4.69) is 18.7 Å². The summed E-state index contributed by atoms with van der Waals surface area (Å²) in [7, 11) is 0. The average Bonchev–Trinajstić information content (AvgIpc) is 3.30. The third kappa shape index (κ3) is 4.02. The minimum Gasteiger partial charge on any atom is -0.507 e. The van der Waals surface area contributed by atoms with E-state index in [9.17, 15) is 14.7 Å². The molecule has 0 saturated carbocycles. The molecule has 2 atom stereocenters. The summed E-state index contributed by atoms with van der Waals surface area (Å²) in [4.78, 5) is 30.0. The topological polar surface area (TPSA) is 70.1 Å². The van der Waals surface area contributed by atoms with Crippen molar-refractivity contribution in [1.29, 1.82) is 0 Å². The van der Waals surface area contributed by atoms with Crippen LogP contribution in [0.15, 0.2) is 54.1 Å². The van der Waals surface area contributed by atoms with E-state index in [1.54, 1.807) is 11.0 Å². The minimum atomic E-state index is -0.638. The zero-order chi connectivity index (χ0) is 22.8. The minimum absolute atomic E-state index is 0.0809. The second-order valence-corrected chi connectivity index (χ2v) is 8.39. The number of aliphatic hydroxyl groups excluding tert-OH is 1. The second kappa shape index (κ2) is 9.17. The monoisotopic (exact) mass is 434 g/mol. The number of aliphatic hydroxyl groups is 1. The predicted molar refractivity (Wildman–Crippen MR) is 123 cm³/mol. The summed E-state index contributed by atoms with van der Waals surface area (Å²) in [6.07, 6.45) is 0.828. The molecule has 2 aromatic rings. The molecular formula is C26H30N2O4. The maximum absolute atomic E-state index is 13.1. The zero-order valence-corrected chi connectivity index (χ0v) is 18.9. The van der Waals surface area contributed by atoms with Gasteiger partial charge in [0.2, 0.25) is 0 Å². The lowest BCUT2D eigenvalue weighted by Gasteiger charge is -2.28. The smallest absolute Gasteiger partial charge is 0.295 e. The van der Waals surface area contributed by atoms with Gasteiger partial charge in [0, 0.05) is 25.1 Å². The number of hydrogen-bond acceptors (Lipinski definition) is 5. The number of nitrogens with zero attached hydrogens (tertiary/aromatic N) is 2. The summed E-state index contributed by atoms with van der Waals surface area (Å²) in [6, 6.07) is 14.3. The van der Waals surface area contributed by atoms with Crippen LogP contribution in [0, 0.1) is 0 Å². The molecular weight excluding hydrogens is 404 g/mol. The number of ketones is 1. The SMILES string of the molecule is CCN(CC)CCN1C(=O)C(=O)C(=C(O)c2ccc3c(c2)CC(C)O3)C1c1ccccc1. The molecule has 2 aromatic carbocycles. The first kappa shape index (κ1) is 22.1. The van der Waals surface area contributed by atoms with Crippen LogP contribution in [0.3, 0.4) is 0 Å². The van der Waals surface area contributed by atoms with Crippen molar-refractivity contribution in [3.63, 3.8) is 0 Å². The molecule has 2 aliphatic rings. The van der Waals surface area contributed by atoms with E-state index in [4.69, 9.17) is 4.74 Å². The van der Waals surface area contributed by atoms with Gasteiger partial charge in [-0.25, -0.2) is 0 Å². The van der Waals surface area contributed by atoms with E-state index in [0.29, 0.717) is 18.7 Å². The molecule has 1 fully saturated rings. The Morgan fingerprint density at radius 3 is 2.53 bits per heavy atom. The number of likely N-dealkylation sites (N-methyl/N-ethyl adjacent to an activating group) is 1.